The van der Waals surface area contributed by atoms with Crippen LogP contribution in [0.4, 0.5) is 0 Å². The zero-order chi connectivity index (χ0) is 17.1. The van der Waals surface area contributed by atoms with Crippen LogP contribution in [-0.2, 0) is 14.8 Å². The Kier molecular flexibility index (Phi) is 6.39. The molecule has 0 atom stereocenters. The molecule has 22 heavy (non-hydrogen) atoms. The Hall–Kier alpha value is -1.12. The van der Waals surface area contributed by atoms with Crippen molar-refractivity contribution in [3.63, 3.8) is 0 Å². The van der Waals surface area contributed by atoms with E-state index < -0.39 is 16.0 Å². The van der Waals surface area contributed by atoms with Gasteiger partial charge < -0.3 is 9.47 Å². The van der Waals surface area contributed by atoms with Crippen molar-refractivity contribution in [3.8, 4) is 5.75 Å². The molecule has 0 N–H and O–H groups in total. The number of thiophene rings is 1. The third-order valence-electron chi connectivity index (χ3n) is 2.99. The molecule has 0 amide bonds. The average molecular weight is 349 g/mol. The molecule has 0 aliphatic rings. The fourth-order valence-electron chi connectivity index (χ4n) is 2.00. The molecular weight excluding hydrogens is 326 g/mol. The van der Waals surface area contributed by atoms with Crippen molar-refractivity contribution in [3.05, 3.63) is 10.9 Å². The number of carbonyl (C=O) groups excluding carboxylic acids is 1. The standard InChI is InChI=1S/C14H23NO5S2/c1-9(2)7-15(10(3)4)22(17,18)14-12(19-5)11(8-21-14)13(16)20-6/h8-10H,7H2,1-6H3. The maximum Gasteiger partial charge on any atom is 0.342 e. The first kappa shape index (κ1) is 18.9. The van der Waals surface area contributed by atoms with Gasteiger partial charge in [-0.2, -0.15) is 4.31 Å². The van der Waals surface area contributed by atoms with Gasteiger partial charge in [-0.15, -0.1) is 11.3 Å². The van der Waals surface area contributed by atoms with E-state index in [1.807, 2.05) is 27.7 Å². The van der Waals surface area contributed by atoms with E-state index in [9.17, 15) is 13.2 Å². The number of hydrogen-bond donors (Lipinski definition) is 0. The molecule has 0 aromatic carbocycles. The molecule has 0 bridgehead atoms. The monoisotopic (exact) mass is 349 g/mol. The molecular formula is C14H23NO5S2. The minimum atomic E-state index is -3.74. The van der Waals surface area contributed by atoms with Crippen LogP contribution < -0.4 is 4.74 Å². The third-order valence-corrected chi connectivity index (χ3v) is 6.50. The number of nitrogens with zero attached hydrogens (tertiary/aromatic N) is 1. The largest absolute Gasteiger partial charge is 0.494 e. The minimum Gasteiger partial charge on any atom is -0.494 e. The molecule has 0 saturated heterocycles. The van der Waals surface area contributed by atoms with E-state index in [1.165, 1.54) is 23.9 Å². The van der Waals surface area contributed by atoms with Gasteiger partial charge in [0.1, 0.15) is 5.56 Å². The molecule has 0 saturated carbocycles. The summed E-state index contributed by atoms with van der Waals surface area (Å²) in [6.07, 6.45) is 0. The summed E-state index contributed by atoms with van der Waals surface area (Å²) in [7, 11) is -1.15. The number of ether oxygens (including phenoxy) is 2. The summed E-state index contributed by atoms with van der Waals surface area (Å²) in [5.41, 5.74) is 0.127. The molecule has 126 valence electrons. The molecule has 1 heterocycles. The predicted octanol–water partition coefficient (Wildman–Crippen LogP) is 2.60. The second-order valence-electron chi connectivity index (χ2n) is 5.52. The first-order chi connectivity index (χ1) is 10.2. The first-order valence-corrected chi connectivity index (χ1v) is 9.24. The molecule has 0 fully saturated rings. The van der Waals surface area contributed by atoms with Crippen LogP contribution >= 0.6 is 11.3 Å². The maximum atomic E-state index is 12.9. The van der Waals surface area contributed by atoms with Crippen LogP contribution in [0.15, 0.2) is 9.59 Å². The summed E-state index contributed by atoms with van der Waals surface area (Å²) >= 11 is 0.969. The van der Waals surface area contributed by atoms with Gasteiger partial charge in [0.05, 0.1) is 14.2 Å². The SMILES string of the molecule is COC(=O)c1csc(S(=O)(=O)N(CC(C)C)C(C)C)c1OC. The number of rotatable bonds is 7. The minimum absolute atomic E-state index is 0.0322. The van der Waals surface area contributed by atoms with Crippen molar-refractivity contribution in [2.45, 2.75) is 37.9 Å². The lowest BCUT2D eigenvalue weighted by molar-refractivity contribution is 0.0597. The van der Waals surface area contributed by atoms with Crippen molar-refractivity contribution < 1.29 is 22.7 Å². The van der Waals surface area contributed by atoms with E-state index in [0.717, 1.165) is 11.3 Å². The van der Waals surface area contributed by atoms with Crippen LogP contribution in [0.25, 0.3) is 0 Å². The van der Waals surface area contributed by atoms with Crippen LogP contribution in [0, 0.1) is 5.92 Å². The van der Waals surface area contributed by atoms with Gasteiger partial charge in [-0.3, -0.25) is 0 Å². The van der Waals surface area contributed by atoms with Crippen LogP contribution in [0.5, 0.6) is 5.75 Å². The fraction of sp³-hybridized carbons (Fsp3) is 0.643. The van der Waals surface area contributed by atoms with Gasteiger partial charge in [0.2, 0.25) is 0 Å². The second kappa shape index (κ2) is 7.43. The number of sulfonamides is 1. The summed E-state index contributed by atoms with van der Waals surface area (Å²) < 4.78 is 37.1. The van der Waals surface area contributed by atoms with E-state index in [2.05, 4.69) is 4.74 Å². The van der Waals surface area contributed by atoms with E-state index in [0.29, 0.717) is 6.54 Å². The molecule has 0 aliphatic heterocycles. The Bertz CT molecular complexity index is 619. The quantitative estimate of drug-likeness (QED) is 0.708. The summed E-state index contributed by atoms with van der Waals surface area (Å²) in [4.78, 5) is 11.7. The number of esters is 1. The Morgan fingerprint density at radius 1 is 1.27 bits per heavy atom. The van der Waals surface area contributed by atoms with E-state index in [-0.39, 0.29) is 27.5 Å². The summed E-state index contributed by atoms with van der Waals surface area (Å²) in [6.45, 7) is 7.95. The lowest BCUT2D eigenvalue weighted by Crippen LogP contribution is -2.39. The molecule has 1 aromatic heterocycles. The Morgan fingerprint density at radius 2 is 1.86 bits per heavy atom. The topological polar surface area (TPSA) is 72.9 Å². The van der Waals surface area contributed by atoms with E-state index in [1.54, 1.807) is 0 Å². The zero-order valence-corrected chi connectivity index (χ0v) is 15.4. The maximum absolute atomic E-state index is 12.9. The molecule has 0 spiro atoms. The van der Waals surface area contributed by atoms with Gasteiger partial charge in [-0.25, -0.2) is 13.2 Å². The second-order valence-corrected chi connectivity index (χ2v) is 8.49. The first-order valence-electron chi connectivity index (χ1n) is 6.92. The summed E-state index contributed by atoms with van der Waals surface area (Å²) in [5, 5.41) is 1.45. The highest BCUT2D eigenvalue weighted by Gasteiger charge is 2.34. The van der Waals surface area contributed by atoms with Crippen molar-refractivity contribution in [2.24, 2.45) is 5.92 Å². The fourth-order valence-corrected chi connectivity index (χ4v) is 5.34. The average Bonchev–Trinajstić information content (AvgIpc) is 2.87. The number of hydrogen-bond acceptors (Lipinski definition) is 6. The highest BCUT2D eigenvalue weighted by atomic mass is 32.2. The Morgan fingerprint density at radius 3 is 2.27 bits per heavy atom. The highest BCUT2D eigenvalue weighted by Crippen LogP contribution is 2.37. The summed E-state index contributed by atoms with van der Waals surface area (Å²) in [6, 6.07) is -0.194. The molecule has 0 unspecified atom stereocenters. The third kappa shape index (κ3) is 3.80. The summed E-state index contributed by atoms with van der Waals surface area (Å²) in [5.74, 6) is -0.385. The van der Waals surface area contributed by atoms with Crippen molar-refractivity contribution >= 4 is 27.3 Å². The zero-order valence-electron chi connectivity index (χ0n) is 13.7. The number of carbonyl (C=O) groups is 1. The van der Waals surface area contributed by atoms with Crippen LogP contribution in [0.2, 0.25) is 0 Å². The van der Waals surface area contributed by atoms with Gasteiger partial charge in [0.25, 0.3) is 10.0 Å². The predicted molar refractivity (Wildman–Crippen MR) is 86.1 cm³/mol. The molecule has 6 nitrogen and oxygen atoms in total. The van der Waals surface area contributed by atoms with E-state index in [4.69, 9.17) is 4.74 Å². The van der Waals surface area contributed by atoms with Crippen molar-refractivity contribution in [2.75, 3.05) is 20.8 Å². The Balaban J connectivity index is 3.38. The van der Waals surface area contributed by atoms with E-state index >= 15 is 0 Å². The molecule has 1 rings (SSSR count). The van der Waals surface area contributed by atoms with Gasteiger partial charge in [0, 0.05) is 18.0 Å². The molecule has 0 aliphatic carbocycles. The Labute approximate surface area is 136 Å². The van der Waals surface area contributed by atoms with Gasteiger partial charge in [-0.1, -0.05) is 13.8 Å². The van der Waals surface area contributed by atoms with Crippen LogP contribution in [0.3, 0.4) is 0 Å². The van der Waals surface area contributed by atoms with Crippen LogP contribution in [0.1, 0.15) is 38.1 Å². The highest BCUT2D eigenvalue weighted by molar-refractivity contribution is 7.91. The van der Waals surface area contributed by atoms with Gasteiger partial charge >= 0.3 is 5.97 Å². The number of methoxy groups -OCH3 is 2. The smallest absolute Gasteiger partial charge is 0.342 e. The molecule has 1 aromatic rings. The van der Waals surface area contributed by atoms with Crippen molar-refractivity contribution in [1.82, 2.24) is 4.31 Å². The lowest BCUT2D eigenvalue weighted by atomic mass is 10.2. The van der Waals surface area contributed by atoms with Crippen LogP contribution in [-0.4, -0.2) is 45.5 Å². The van der Waals surface area contributed by atoms with Gasteiger partial charge in [0.15, 0.2) is 9.96 Å². The van der Waals surface area contributed by atoms with Crippen molar-refractivity contribution in [1.29, 1.82) is 0 Å². The molecule has 0 radical (unpaired) electrons. The normalized spacial score (nSPS) is 12.2. The molecule has 8 heteroatoms. The van der Waals surface area contributed by atoms with Gasteiger partial charge in [-0.05, 0) is 19.8 Å². The lowest BCUT2D eigenvalue weighted by Gasteiger charge is -2.27.